The number of hydrogen-bond acceptors (Lipinski definition) is 6. The summed E-state index contributed by atoms with van der Waals surface area (Å²) < 4.78 is 13.3. The van der Waals surface area contributed by atoms with Gasteiger partial charge >= 0.3 is 11.9 Å². The van der Waals surface area contributed by atoms with Crippen LogP contribution >= 0.6 is 0 Å². The number of fused-ring (bicyclic) bond motifs is 2. The molecule has 0 saturated carbocycles. The van der Waals surface area contributed by atoms with Crippen molar-refractivity contribution in [2.24, 2.45) is 0 Å². The van der Waals surface area contributed by atoms with Crippen LogP contribution in [0, 0.1) is 0 Å². The lowest BCUT2D eigenvalue weighted by Gasteiger charge is -2.37. The van der Waals surface area contributed by atoms with Gasteiger partial charge in [-0.15, -0.1) is 0 Å². The van der Waals surface area contributed by atoms with Gasteiger partial charge in [-0.05, 0) is 56.5 Å². The summed E-state index contributed by atoms with van der Waals surface area (Å²) in [6.45, 7) is 6.41. The van der Waals surface area contributed by atoms with Gasteiger partial charge in [-0.2, -0.15) is 10.2 Å². The second kappa shape index (κ2) is 15.2. The summed E-state index contributed by atoms with van der Waals surface area (Å²) in [5.41, 5.74) is 3.13. The van der Waals surface area contributed by atoms with Crippen molar-refractivity contribution in [2.45, 2.75) is 57.6 Å². The molecule has 0 aliphatic rings. The number of aliphatic carboxylic acids is 2. The Morgan fingerprint density at radius 1 is 0.604 bits per heavy atom. The number of H-pyrrole nitrogens is 1. The Labute approximate surface area is 307 Å². The van der Waals surface area contributed by atoms with E-state index in [4.69, 9.17) is 19.7 Å². The minimum Gasteiger partial charge on any atom is -0.479 e. The molecule has 0 radical (unpaired) electrons. The number of rotatable bonds is 12. The summed E-state index contributed by atoms with van der Waals surface area (Å²) in [5.74, 6) is -2.00. The maximum atomic E-state index is 11.7. The fourth-order valence-electron chi connectivity index (χ4n) is 6.15. The van der Waals surface area contributed by atoms with Crippen LogP contribution in [-0.4, -0.2) is 53.3 Å². The van der Waals surface area contributed by atoms with Crippen LogP contribution in [0.4, 0.5) is 0 Å². The molecular formula is C43H42N4O6. The predicted molar refractivity (Wildman–Crippen MR) is 203 cm³/mol. The van der Waals surface area contributed by atoms with Gasteiger partial charge in [-0.3, -0.25) is 5.10 Å². The highest BCUT2D eigenvalue weighted by molar-refractivity contribution is 5.84. The molecular weight excluding hydrogens is 668 g/mol. The summed E-state index contributed by atoms with van der Waals surface area (Å²) in [5, 5.41) is 32.5. The molecule has 0 spiro atoms. The van der Waals surface area contributed by atoms with E-state index < -0.39 is 28.7 Å². The van der Waals surface area contributed by atoms with Gasteiger partial charge in [0.2, 0.25) is 0 Å². The second-order valence-corrected chi connectivity index (χ2v) is 13.6. The van der Waals surface area contributed by atoms with Gasteiger partial charge in [0.05, 0.1) is 35.6 Å². The first-order valence-electron chi connectivity index (χ1n) is 17.3. The van der Waals surface area contributed by atoms with Crippen molar-refractivity contribution in [1.29, 1.82) is 0 Å². The number of aromatic nitrogens is 4. The fourth-order valence-corrected chi connectivity index (χ4v) is 6.15. The van der Waals surface area contributed by atoms with Crippen molar-refractivity contribution in [2.75, 3.05) is 0 Å². The van der Waals surface area contributed by atoms with E-state index in [9.17, 15) is 14.7 Å². The molecule has 5 aromatic carbocycles. The van der Waals surface area contributed by atoms with Crippen molar-refractivity contribution < 1.29 is 29.3 Å². The van der Waals surface area contributed by atoms with Crippen LogP contribution in [0.5, 0.6) is 0 Å². The topological polar surface area (TPSA) is 140 Å². The third kappa shape index (κ3) is 7.46. The van der Waals surface area contributed by atoms with Crippen LogP contribution in [0.1, 0.15) is 55.8 Å². The van der Waals surface area contributed by atoms with E-state index in [1.54, 1.807) is 13.8 Å². The Morgan fingerprint density at radius 3 is 1.55 bits per heavy atom. The van der Waals surface area contributed by atoms with Crippen LogP contribution in [0.2, 0.25) is 0 Å². The highest BCUT2D eigenvalue weighted by Gasteiger charge is 2.41. The molecule has 0 saturated heterocycles. The van der Waals surface area contributed by atoms with E-state index in [1.807, 2.05) is 97.1 Å². The molecule has 0 unspecified atom stereocenters. The lowest BCUT2D eigenvalue weighted by atomic mass is 9.77. The van der Waals surface area contributed by atoms with Gasteiger partial charge in [0.1, 0.15) is 5.54 Å². The lowest BCUT2D eigenvalue weighted by Crippen LogP contribution is -2.38. The number of nitrogens with one attached hydrogen (secondary N) is 1. The molecule has 53 heavy (non-hydrogen) atoms. The molecule has 0 bridgehead atoms. The minimum absolute atomic E-state index is 0.0707. The molecule has 10 heteroatoms. The van der Waals surface area contributed by atoms with Crippen molar-refractivity contribution >= 4 is 33.7 Å². The summed E-state index contributed by atoms with van der Waals surface area (Å²) in [7, 11) is 0. The van der Waals surface area contributed by atoms with Gasteiger partial charge in [0, 0.05) is 10.8 Å². The molecule has 270 valence electrons. The summed E-state index contributed by atoms with van der Waals surface area (Å²) in [6, 6.07) is 46.7. The zero-order valence-electron chi connectivity index (χ0n) is 30.1. The third-order valence-corrected chi connectivity index (χ3v) is 9.27. The predicted octanol–water partition coefficient (Wildman–Crippen LogP) is 8.20. The number of ether oxygens (including phenoxy) is 2. The highest BCUT2D eigenvalue weighted by Crippen LogP contribution is 2.42. The van der Waals surface area contributed by atoms with Crippen LogP contribution in [0.3, 0.4) is 0 Å². The molecule has 2 aromatic heterocycles. The smallest absolute Gasteiger partial charge is 0.335 e. The van der Waals surface area contributed by atoms with Crippen LogP contribution in [0.15, 0.2) is 140 Å². The molecule has 0 amide bonds. The van der Waals surface area contributed by atoms with Crippen molar-refractivity contribution in [3.05, 3.63) is 168 Å². The van der Waals surface area contributed by atoms with Gasteiger partial charge in [0.15, 0.2) is 11.2 Å². The van der Waals surface area contributed by atoms with Crippen LogP contribution in [0.25, 0.3) is 21.8 Å². The first kappa shape index (κ1) is 36.7. The molecule has 0 aliphatic carbocycles. The molecule has 2 heterocycles. The monoisotopic (exact) mass is 710 g/mol. The summed E-state index contributed by atoms with van der Waals surface area (Å²) in [4.78, 5) is 22.6. The standard InChI is InChI=1S/C31H28N2O3.C12H14N2O3/c1-30(2,29(34)35)36-22-27-26-20-12-13-21-28(26)33(32-27)31(23-14-6-3-7-15-23,24-16-8-4-9-17-24)25-18-10-5-11-19-25;1-12(2,11(15)16)17-7-10-8-5-3-4-6-9(8)13-14-10/h3-21H,22H2,1-2H3,(H,34,35);3-6H,7H2,1-2H3,(H,13,14)(H,15,16). The van der Waals surface area contributed by atoms with Crippen molar-refractivity contribution in [3.8, 4) is 0 Å². The Morgan fingerprint density at radius 2 is 1.04 bits per heavy atom. The number of carboxylic acids is 2. The number of para-hydroxylation sites is 2. The van der Waals surface area contributed by atoms with Crippen LogP contribution in [-0.2, 0) is 37.8 Å². The van der Waals surface area contributed by atoms with Gasteiger partial charge in [-0.25, -0.2) is 14.3 Å². The second-order valence-electron chi connectivity index (χ2n) is 13.6. The first-order chi connectivity index (χ1) is 25.4. The van der Waals surface area contributed by atoms with Gasteiger partial charge in [0.25, 0.3) is 0 Å². The van der Waals surface area contributed by atoms with E-state index in [2.05, 4.69) is 57.3 Å². The molecule has 10 nitrogen and oxygen atoms in total. The zero-order chi connectivity index (χ0) is 37.6. The lowest BCUT2D eigenvalue weighted by molar-refractivity contribution is -0.163. The third-order valence-electron chi connectivity index (χ3n) is 9.27. The number of carbonyl (C=O) groups is 2. The quantitative estimate of drug-likeness (QED) is 0.108. The summed E-state index contributed by atoms with van der Waals surface area (Å²) >= 11 is 0. The largest absolute Gasteiger partial charge is 0.479 e. The number of aromatic amines is 1. The van der Waals surface area contributed by atoms with Crippen molar-refractivity contribution in [1.82, 2.24) is 20.0 Å². The van der Waals surface area contributed by atoms with Crippen molar-refractivity contribution in [3.63, 3.8) is 0 Å². The average Bonchev–Trinajstić information content (AvgIpc) is 3.77. The maximum Gasteiger partial charge on any atom is 0.335 e. The minimum atomic E-state index is -1.33. The molecule has 7 aromatic rings. The van der Waals surface area contributed by atoms with E-state index >= 15 is 0 Å². The molecule has 0 atom stereocenters. The van der Waals surface area contributed by atoms with Gasteiger partial charge in [-0.1, -0.05) is 127 Å². The molecule has 3 N–H and O–H groups in total. The number of nitrogens with zero attached hydrogens (tertiary/aromatic N) is 3. The number of carboxylic acid groups (broad SMARTS) is 2. The zero-order valence-corrected chi connectivity index (χ0v) is 30.1. The Kier molecular flexibility index (Phi) is 10.6. The molecule has 0 fully saturated rings. The Bertz CT molecular complexity index is 2220. The SMILES string of the molecule is CC(C)(OCc1[nH]nc2ccccc12)C(=O)O.CC(C)(OCc1nn(C(c2ccccc2)(c2ccccc2)c2ccccc2)c2ccccc12)C(=O)O. The number of benzene rings is 5. The van der Waals surface area contributed by atoms with E-state index in [1.165, 1.54) is 13.8 Å². The number of hydrogen-bond donors (Lipinski definition) is 3. The van der Waals surface area contributed by atoms with E-state index in [0.717, 1.165) is 44.2 Å². The normalized spacial score (nSPS) is 12.0. The molecule has 0 aliphatic heterocycles. The van der Waals surface area contributed by atoms with Crippen LogP contribution < -0.4 is 0 Å². The van der Waals surface area contributed by atoms with E-state index in [-0.39, 0.29) is 13.2 Å². The summed E-state index contributed by atoms with van der Waals surface area (Å²) in [6.07, 6.45) is 0. The highest BCUT2D eigenvalue weighted by atomic mass is 16.5. The Balaban J connectivity index is 0.000000236. The van der Waals surface area contributed by atoms with Gasteiger partial charge < -0.3 is 19.7 Å². The first-order valence-corrected chi connectivity index (χ1v) is 17.3. The van der Waals surface area contributed by atoms with E-state index in [0.29, 0.717) is 5.69 Å². The average molecular weight is 711 g/mol. The molecule has 7 rings (SSSR count). The fraction of sp³-hybridized carbons (Fsp3) is 0.209. The Hall–Kier alpha value is -6.10. The maximum absolute atomic E-state index is 11.7.